The molecule has 5 rings (SSSR count). The molecular weight excluding hydrogens is 516 g/mol. The van der Waals surface area contributed by atoms with Crippen molar-refractivity contribution in [2.45, 2.75) is 31.5 Å². The van der Waals surface area contributed by atoms with E-state index in [0.717, 1.165) is 23.1 Å². The summed E-state index contributed by atoms with van der Waals surface area (Å²) >= 11 is 0. The lowest BCUT2D eigenvalue weighted by Crippen LogP contribution is -2.57. The number of hydrogen-bond acceptors (Lipinski definition) is 6. The van der Waals surface area contributed by atoms with Crippen molar-refractivity contribution in [3.63, 3.8) is 0 Å². The zero-order chi connectivity index (χ0) is 27.5. The summed E-state index contributed by atoms with van der Waals surface area (Å²) in [5.74, 6) is 0.00475. The Morgan fingerprint density at radius 2 is 1.56 bits per heavy atom. The quantitative estimate of drug-likeness (QED) is 0.479. The van der Waals surface area contributed by atoms with E-state index >= 15 is 0 Å². The number of rotatable bonds is 7. The van der Waals surface area contributed by atoms with Gasteiger partial charge in [0, 0.05) is 31.0 Å². The van der Waals surface area contributed by atoms with Gasteiger partial charge in [-0.1, -0.05) is 60.7 Å². The van der Waals surface area contributed by atoms with Crippen molar-refractivity contribution < 1.29 is 22.7 Å². The molecule has 2 saturated heterocycles. The number of anilines is 2. The molecule has 3 aromatic rings. The molecule has 0 aliphatic carbocycles. The molecule has 1 spiro atoms. The Morgan fingerprint density at radius 1 is 0.923 bits per heavy atom. The van der Waals surface area contributed by atoms with Gasteiger partial charge in [-0.25, -0.2) is 13.2 Å². The van der Waals surface area contributed by atoms with Gasteiger partial charge in [0.05, 0.1) is 12.9 Å². The zero-order valence-electron chi connectivity index (χ0n) is 21.8. The highest BCUT2D eigenvalue weighted by Gasteiger charge is 2.54. The van der Waals surface area contributed by atoms with Crippen LogP contribution in [0.25, 0.3) is 0 Å². The first-order chi connectivity index (χ1) is 18.7. The molecule has 204 valence electrons. The summed E-state index contributed by atoms with van der Waals surface area (Å²) in [5.41, 5.74) is 2.37. The van der Waals surface area contributed by atoms with Crippen LogP contribution in [-0.2, 0) is 32.7 Å². The zero-order valence-corrected chi connectivity index (χ0v) is 22.6. The van der Waals surface area contributed by atoms with Gasteiger partial charge in [0.25, 0.3) is 0 Å². The molecule has 0 atom stereocenters. The van der Waals surface area contributed by atoms with Crippen LogP contribution in [0.4, 0.5) is 16.2 Å². The lowest BCUT2D eigenvalue weighted by molar-refractivity contribution is -0.134. The smallest absolute Gasteiger partial charge is 0.410 e. The summed E-state index contributed by atoms with van der Waals surface area (Å²) in [6.45, 7) is 1.75. The molecule has 0 saturated carbocycles. The molecule has 9 nitrogen and oxygen atoms in total. The van der Waals surface area contributed by atoms with Crippen molar-refractivity contribution in [3.8, 4) is 0 Å². The number of hydrogen-bond donors (Lipinski definition) is 1. The molecule has 10 heteroatoms. The van der Waals surface area contributed by atoms with E-state index in [0.29, 0.717) is 44.8 Å². The molecule has 2 heterocycles. The fraction of sp³-hybridized carbons (Fsp3) is 0.310. The summed E-state index contributed by atoms with van der Waals surface area (Å²) in [6.07, 6.45) is 1.69. The second-order valence-corrected chi connectivity index (χ2v) is 11.8. The van der Waals surface area contributed by atoms with Crippen molar-refractivity contribution in [2.24, 2.45) is 0 Å². The summed E-state index contributed by atoms with van der Waals surface area (Å²) in [5, 5.41) is 0. The standard InChI is InChI=1S/C29H32N4O5S/c1-39(36,37)30-25-12-8-11-24(19-25)20-32-22-33(26-13-6-3-7-14-26)29(27(32)34)15-17-31(18-16-29)28(35)38-21-23-9-4-2-5-10-23/h2-14,19,30H,15-18,20-22H2,1H3. The minimum Gasteiger partial charge on any atom is -0.445 e. The van der Waals surface area contributed by atoms with Crippen molar-refractivity contribution in [1.82, 2.24) is 9.80 Å². The summed E-state index contributed by atoms with van der Waals surface area (Å²) in [4.78, 5) is 32.4. The number of sulfonamides is 1. The highest BCUT2D eigenvalue weighted by molar-refractivity contribution is 7.92. The van der Waals surface area contributed by atoms with E-state index in [-0.39, 0.29) is 18.6 Å². The number of nitrogens with zero attached hydrogens (tertiary/aromatic N) is 3. The highest BCUT2D eigenvalue weighted by Crippen LogP contribution is 2.40. The van der Waals surface area contributed by atoms with Crippen molar-refractivity contribution in [2.75, 3.05) is 35.6 Å². The van der Waals surface area contributed by atoms with Crippen LogP contribution in [0.15, 0.2) is 84.9 Å². The van der Waals surface area contributed by atoms with Crippen LogP contribution in [0.2, 0.25) is 0 Å². The monoisotopic (exact) mass is 548 g/mol. The second-order valence-electron chi connectivity index (χ2n) is 10.0. The first kappa shape index (κ1) is 26.6. The van der Waals surface area contributed by atoms with E-state index in [1.165, 1.54) is 0 Å². The Morgan fingerprint density at radius 3 is 2.23 bits per heavy atom. The fourth-order valence-corrected chi connectivity index (χ4v) is 5.91. The van der Waals surface area contributed by atoms with E-state index in [1.54, 1.807) is 28.0 Å². The van der Waals surface area contributed by atoms with Crippen molar-refractivity contribution in [3.05, 3.63) is 96.1 Å². The summed E-state index contributed by atoms with van der Waals surface area (Å²) < 4.78 is 31.4. The van der Waals surface area contributed by atoms with Gasteiger partial charge in [-0.2, -0.15) is 0 Å². The maximum Gasteiger partial charge on any atom is 0.410 e. The number of nitrogens with one attached hydrogen (secondary N) is 1. The van der Waals surface area contributed by atoms with Gasteiger partial charge >= 0.3 is 6.09 Å². The highest BCUT2D eigenvalue weighted by atomic mass is 32.2. The van der Waals surface area contributed by atoms with Crippen LogP contribution in [0, 0.1) is 0 Å². The van der Waals surface area contributed by atoms with Crippen LogP contribution < -0.4 is 9.62 Å². The average molecular weight is 549 g/mol. The number of carbonyl (C=O) groups excluding carboxylic acids is 2. The minimum absolute atomic E-state index is 0.00475. The maximum absolute atomic E-state index is 14.0. The number of benzene rings is 3. The third-order valence-electron chi connectivity index (χ3n) is 7.24. The number of carbonyl (C=O) groups is 2. The molecule has 3 aromatic carbocycles. The average Bonchev–Trinajstić information content (AvgIpc) is 3.18. The van der Waals surface area contributed by atoms with Crippen molar-refractivity contribution in [1.29, 1.82) is 0 Å². The molecule has 1 N–H and O–H groups in total. The van der Waals surface area contributed by atoms with Crippen LogP contribution in [0.3, 0.4) is 0 Å². The van der Waals surface area contributed by atoms with Gasteiger partial charge in [-0.3, -0.25) is 9.52 Å². The van der Waals surface area contributed by atoms with E-state index in [4.69, 9.17) is 4.74 Å². The molecule has 2 aliphatic rings. The van der Waals surface area contributed by atoms with Gasteiger partial charge in [0.1, 0.15) is 12.1 Å². The normalized spacial score (nSPS) is 16.9. The molecule has 2 aliphatic heterocycles. The second kappa shape index (κ2) is 11.0. The van der Waals surface area contributed by atoms with E-state index in [9.17, 15) is 18.0 Å². The van der Waals surface area contributed by atoms with E-state index < -0.39 is 15.6 Å². The first-order valence-electron chi connectivity index (χ1n) is 12.9. The summed E-state index contributed by atoms with van der Waals surface area (Å²) in [6, 6.07) is 26.5. The number of piperidine rings is 1. The molecule has 0 aromatic heterocycles. The molecular formula is C29H32N4O5S. The topological polar surface area (TPSA) is 99.3 Å². The van der Waals surface area contributed by atoms with E-state index in [1.807, 2.05) is 66.7 Å². The predicted octanol–water partition coefficient (Wildman–Crippen LogP) is 4.04. The largest absolute Gasteiger partial charge is 0.445 e. The van der Waals surface area contributed by atoms with Crippen molar-refractivity contribution >= 4 is 33.4 Å². The maximum atomic E-state index is 14.0. The SMILES string of the molecule is CS(=O)(=O)Nc1cccc(CN2CN(c3ccccc3)C3(CCN(C(=O)OCc4ccccc4)CC3)C2=O)c1. The van der Waals surface area contributed by atoms with Gasteiger partial charge in [-0.05, 0) is 48.2 Å². The predicted molar refractivity (Wildman–Crippen MR) is 149 cm³/mol. The Hall–Kier alpha value is -4.05. The van der Waals surface area contributed by atoms with Crippen LogP contribution in [0.5, 0.6) is 0 Å². The van der Waals surface area contributed by atoms with Gasteiger partial charge in [0.2, 0.25) is 15.9 Å². The molecule has 0 radical (unpaired) electrons. The molecule has 0 unspecified atom stereocenters. The Bertz CT molecular complexity index is 1420. The van der Waals surface area contributed by atoms with Gasteiger partial charge in [-0.15, -0.1) is 0 Å². The van der Waals surface area contributed by atoms with Crippen LogP contribution in [0.1, 0.15) is 24.0 Å². The lowest BCUT2D eigenvalue weighted by atomic mass is 9.85. The summed E-state index contributed by atoms with van der Waals surface area (Å²) in [7, 11) is -3.41. The Kier molecular flexibility index (Phi) is 7.47. The number of para-hydroxylation sites is 1. The number of ether oxygens (including phenoxy) is 1. The van der Waals surface area contributed by atoms with E-state index in [2.05, 4.69) is 9.62 Å². The molecule has 2 fully saturated rings. The Balaban J connectivity index is 1.31. The van der Waals surface area contributed by atoms with Crippen LogP contribution >= 0.6 is 0 Å². The fourth-order valence-electron chi connectivity index (χ4n) is 5.36. The lowest BCUT2D eigenvalue weighted by Gasteiger charge is -2.42. The Labute approximate surface area is 229 Å². The molecule has 0 bridgehead atoms. The van der Waals surface area contributed by atoms with Crippen LogP contribution in [-0.4, -0.2) is 61.8 Å². The number of likely N-dealkylation sites (tertiary alicyclic amines) is 1. The number of amides is 2. The van der Waals surface area contributed by atoms with Gasteiger partial charge < -0.3 is 19.4 Å². The third-order valence-corrected chi connectivity index (χ3v) is 7.85. The molecule has 2 amide bonds. The molecule has 39 heavy (non-hydrogen) atoms. The van der Waals surface area contributed by atoms with Gasteiger partial charge in [0.15, 0.2) is 0 Å². The third kappa shape index (κ3) is 6.01. The first-order valence-corrected chi connectivity index (χ1v) is 14.8. The minimum atomic E-state index is -3.41.